The molecule has 0 N–H and O–H groups in total. The molecule has 4 rings (SSSR count). The second-order valence-electron chi connectivity index (χ2n) is 7.40. The minimum Gasteiger partial charge on any atom is -0.490 e. The van der Waals surface area contributed by atoms with Crippen molar-refractivity contribution in [3.05, 3.63) is 96.4 Å². The Bertz CT molecular complexity index is 1460. The number of carbonyl (C=O) groups is 1. The fourth-order valence-electron chi connectivity index (χ4n) is 3.37. The molecule has 3 aromatic rings. The first kappa shape index (κ1) is 26.1. The molecule has 1 amide bonds. The molecule has 0 saturated carbocycles. The second-order valence-corrected chi connectivity index (χ2v) is 9.51. The van der Waals surface area contributed by atoms with Crippen LogP contribution in [0.15, 0.2) is 65.6 Å². The summed E-state index contributed by atoms with van der Waals surface area (Å²) in [6, 6.07) is 14.6. The van der Waals surface area contributed by atoms with Crippen LogP contribution < -0.4 is 14.4 Å². The second kappa shape index (κ2) is 10.9. The SMILES string of the molecule is CCOc1cc(/C=C2\SC(=S)N(c3ccc(Cl)cc3)C2=O)ccc1Oc1ccc([N+](=O)[O-])cc1[N+](=O)[O-]. The van der Waals surface area contributed by atoms with Crippen LogP contribution in [0.25, 0.3) is 6.08 Å². The van der Waals surface area contributed by atoms with Gasteiger partial charge in [-0.15, -0.1) is 0 Å². The van der Waals surface area contributed by atoms with Crippen molar-refractivity contribution in [2.24, 2.45) is 0 Å². The molecule has 0 unspecified atom stereocenters. The lowest BCUT2D eigenvalue weighted by Crippen LogP contribution is -2.27. The summed E-state index contributed by atoms with van der Waals surface area (Å²) >= 11 is 12.5. The monoisotopic (exact) mass is 557 g/mol. The summed E-state index contributed by atoms with van der Waals surface area (Å²) in [4.78, 5) is 35.8. The Morgan fingerprint density at radius 2 is 1.70 bits per heavy atom. The maximum Gasteiger partial charge on any atom is 0.318 e. The van der Waals surface area contributed by atoms with Crippen molar-refractivity contribution in [3.8, 4) is 17.2 Å². The van der Waals surface area contributed by atoms with Gasteiger partial charge in [-0.3, -0.25) is 29.9 Å². The number of thioether (sulfide) groups is 1. The number of hydrogen-bond donors (Lipinski definition) is 0. The van der Waals surface area contributed by atoms with E-state index in [4.69, 9.17) is 33.3 Å². The van der Waals surface area contributed by atoms with E-state index in [0.717, 1.165) is 30.0 Å². The van der Waals surface area contributed by atoms with Crippen LogP contribution in [0.1, 0.15) is 12.5 Å². The molecule has 0 aliphatic carbocycles. The van der Waals surface area contributed by atoms with Gasteiger partial charge in [0.05, 0.1) is 33.1 Å². The molecular weight excluding hydrogens is 542 g/mol. The van der Waals surface area contributed by atoms with Crippen molar-refractivity contribution in [2.45, 2.75) is 6.92 Å². The molecule has 0 bridgehead atoms. The van der Waals surface area contributed by atoms with Crippen LogP contribution in [0.4, 0.5) is 17.1 Å². The lowest BCUT2D eigenvalue weighted by molar-refractivity contribution is -0.394. The molecule has 1 fully saturated rings. The van der Waals surface area contributed by atoms with Gasteiger partial charge in [0.1, 0.15) is 0 Å². The minimum absolute atomic E-state index is 0.157. The van der Waals surface area contributed by atoms with Gasteiger partial charge in [0.2, 0.25) is 5.75 Å². The summed E-state index contributed by atoms with van der Waals surface area (Å²) in [6.45, 7) is 2.02. The van der Waals surface area contributed by atoms with Crippen molar-refractivity contribution in [3.63, 3.8) is 0 Å². The van der Waals surface area contributed by atoms with Crippen molar-refractivity contribution in [1.82, 2.24) is 0 Å². The van der Waals surface area contributed by atoms with Gasteiger partial charge >= 0.3 is 5.69 Å². The molecular formula is C24H16ClN3O7S2. The van der Waals surface area contributed by atoms with E-state index >= 15 is 0 Å². The van der Waals surface area contributed by atoms with E-state index in [1.54, 1.807) is 49.4 Å². The molecule has 1 aliphatic rings. The van der Waals surface area contributed by atoms with Crippen LogP contribution in [0.3, 0.4) is 0 Å². The van der Waals surface area contributed by atoms with E-state index in [-0.39, 0.29) is 29.8 Å². The van der Waals surface area contributed by atoms with Crippen molar-refractivity contribution < 1.29 is 24.1 Å². The number of non-ortho nitro benzene ring substituents is 1. The first-order valence-electron chi connectivity index (χ1n) is 10.6. The maximum absolute atomic E-state index is 13.0. The van der Waals surface area contributed by atoms with Gasteiger partial charge in [-0.05, 0) is 61.0 Å². The maximum atomic E-state index is 13.0. The van der Waals surface area contributed by atoms with Crippen LogP contribution in [-0.4, -0.2) is 26.7 Å². The van der Waals surface area contributed by atoms with Crippen LogP contribution in [-0.2, 0) is 4.79 Å². The zero-order valence-electron chi connectivity index (χ0n) is 19.0. The Morgan fingerprint density at radius 3 is 2.35 bits per heavy atom. The number of nitro groups is 2. The van der Waals surface area contributed by atoms with Gasteiger partial charge in [-0.1, -0.05) is 41.6 Å². The first-order valence-corrected chi connectivity index (χ1v) is 12.2. The summed E-state index contributed by atoms with van der Waals surface area (Å²) in [7, 11) is 0. The van der Waals surface area contributed by atoms with E-state index in [1.807, 2.05) is 0 Å². The predicted molar refractivity (Wildman–Crippen MR) is 145 cm³/mol. The summed E-state index contributed by atoms with van der Waals surface area (Å²) < 4.78 is 11.7. The normalized spacial score (nSPS) is 14.2. The Hall–Kier alpha value is -4.00. The topological polar surface area (TPSA) is 125 Å². The number of hydrogen-bond acceptors (Lipinski definition) is 9. The highest BCUT2D eigenvalue weighted by atomic mass is 35.5. The average Bonchev–Trinajstić information content (AvgIpc) is 3.13. The largest absolute Gasteiger partial charge is 0.490 e. The smallest absolute Gasteiger partial charge is 0.318 e. The number of benzene rings is 3. The Kier molecular flexibility index (Phi) is 7.71. The number of ether oxygens (including phenoxy) is 2. The molecule has 0 spiro atoms. The molecule has 1 heterocycles. The van der Waals surface area contributed by atoms with Crippen LogP contribution in [0.2, 0.25) is 5.02 Å². The molecule has 10 nitrogen and oxygen atoms in total. The quantitative estimate of drug-likeness (QED) is 0.128. The number of anilines is 1. The number of nitrogens with zero attached hydrogens (tertiary/aromatic N) is 3. The molecule has 0 radical (unpaired) electrons. The third-order valence-electron chi connectivity index (χ3n) is 5.01. The van der Waals surface area contributed by atoms with Gasteiger partial charge in [0.15, 0.2) is 15.8 Å². The summed E-state index contributed by atoms with van der Waals surface area (Å²) in [5.41, 5.74) is 0.200. The molecule has 13 heteroatoms. The minimum atomic E-state index is -0.764. The molecule has 1 aliphatic heterocycles. The van der Waals surface area contributed by atoms with E-state index in [2.05, 4.69) is 0 Å². The van der Waals surface area contributed by atoms with Gasteiger partial charge in [-0.25, -0.2) is 0 Å². The highest BCUT2D eigenvalue weighted by Gasteiger charge is 2.33. The lowest BCUT2D eigenvalue weighted by Gasteiger charge is -2.14. The molecule has 3 aromatic carbocycles. The Morgan fingerprint density at radius 1 is 1.00 bits per heavy atom. The number of nitro benzene ring substituents is 2. The molecule has 0 atom stereocenters. The van der Waals surface area contributed by atoms with Gasteiger partial charge in [0.25, 0.3) is 11.6 Å². The number of carbonyl (C=O) groups excluding carboxylic acids is 1. The molecule has 188 valence electrons. The lowest BCUT2D eigenvalue weighted by atomic mass is 10.1. The third kappa shape index (κ3) is 5.71. The third-order valence-corrected chi connectivity index (χ3v) is 6.57. The molecule has 1 saturated heterocycles. The number of amides is 1. The van der Waals surface area contributed by atoms with Crippen molar-refractivity contribution in [2.75, 3.05) is 11.5 Å². The van der Waals surface area contributed by atoms with E-state index in [1.165, 1.54) is 11.0 Å². The van der Waals surface area contributed by atoms with E-state index in [0.29, 0.717) is 25.5 Å². The zero-order chi connectivity index (χ0) is 26.7. The van der Waals surface area contributed by atoms with Crippen LogP contribution in [0.5, 0.6) is 17.2 Å². The van der Waals surface area contributed by atoms with Crippen molar-refractivity contribution in [1.29, 1.82) is 0 Å². The number of halogens is 1. The highest BCUT2D eigenvalue weighted by Crippen LogP contribution is 2.40. The Balaban J connectivity index is 1.64. The van der Waals surface area contributed by atoms with Gasteiger partial charge in [0, 0.05) is 11.1 Å². The average molecular weight is 558 g/mol. The van der Waals surface area contributed by atoms with Crippen LogP contribution >= 0.6 is 35.6 Å². The fourth-order valence-corrected chi connectivity index (χ4v) is 4.79. The summed E-state index contributed by atoms with van der Waals surface area (Å²) in [6.07, 6.45) is 1.65. The standard InChI is InChI=1S/C24H16ClN3O7S2/c1-2-34-21-11-14(12-22-23(29)26(24(36)37-22)16-6-4-15(25)5-7-16)3-9-20(21)35-19-10-8-17(27(30)31)13-18(19)28(32)33/h3-13H,2H2,1H3/b22-12-. The van der Waals surface area contributed by atoms with E-state index in [9.17, 15) is 25.0 Å². The predicted octanol–water partition coefficient (Wildman–Crippen LogP) is 6.75. The fraction of sp³-hybridized carbons (Fsp3) is 0.0833. The Labute approximate surface area is 224 Å². The number of thiocarbonyl (C=S) groups is 1. The summed E-state index contributed by atoms with van der Waals surface area (Å²) in [5, 5.41) is 23.0. The first-order chi connectivity index (χ1) is 17.7. The van der Waals surface area contributed by atoms with E-state index < -0.39 is 21.2 Å². The molecule has 0 aromatic heterocycles. The summed E-state index contributed by atoms with van der Waals surface area (Å²) in [5.74, 6) is -0.0630. The van der Waals surface area contributed by atoms with Gasteiger partial charge < -0.3 is 9.47 Å². The van der Waals surface area contributed by atoms with Crippen molar-refractivity contribution >= 4 is 68.9 Å². The number of rotatable bonds is 8. The molecule has 37 heavy (non-hydrogen) atoms. The van der Waals surface area contributed by atoms with Gasteiger partial charge in [-0.2, -0.15) is 0 Å². The highest BCUT2D eigenvalue weighted by molar-refractivity contribution is 8.27. The zero-order valence-corrected chi connectivity index (χ0v) is 21.3. The van der Waals surface area contributed by atoms with Crippen LogP contribution in [0, 0.1) is 20.2 Å².